The van der Waals surface area contributed by atoms with Gasteiger partial charge in [-0.05, 0) is 23.4 Å². The van der Waals surface area contributed by atoms with E-state index in [1.807, 2.05) is 28.8 Å². The minimum atomic E-state index is 0.0599. The van der Waals surface area contributed by atoms with Crippen LogP contribution in [0.5, 0.6) is 0 Å². The number of nitrogens with one attached hydrogen (secondary N) is 2. The van der Waals surface area contributed by atoms with Crippen molar-refractivity contribution in [3.05, 3.63) is 36.6 Å². The second-order valence-electron chi connectivity index (χ2n) is 4.41. The van der Waals surface area contributed by atoms with Crippen LogP contribution in [0.3, 0.4) is 0 Å². The molecule has 0 radical (unpaired) electrons. The summed E-state index contributed by atoms with van der Waals surface area (Å²) >= 11 is 0. The monoisotopic (exact) mass is 296 g/mol. The van der Waals surface area contributed by atoms with E-state index in [1.54, 1.807) is 6.33 Å². The topological polar surface area (TPSA) is 128 Å². The molecule has 0 fully saturated rings. The van der Waals surface area contributed by atoms with Gasteiger partial charge in [-0.25, -0.2) is 4.98 Å². The number of nitrogens with zero attached hydrogens (tertiary/aromatic N) is 6. The molecule has 0 saturated carbocycles. The molecule has 3 N–H and O–H groups in total. The average molecular weight is 296 g/mol. The van der Waals surface area contributed by atoms with Gasteiger partial charge < -0.3 is 15.0 Å². The number of allylic oxidation sites excluding steroid dienone is 1. The Balaban J connectivity index is 1.84. The number of tetrazole rings is 1. The third-order valence-electron chi connectivity index (χ3n) is 3.05. The van der Waals surface area contributed by atoms with Crippen molar-refractivity contribution in [2.75, 3.05) is 11.9 Å². The number of fused-ring (bicyclic) bond motifs is 1. The molecule has 110 valence electrons. The summed E-state index contributed by atoms with van der Waals surface area (Å²) in [6, 6.07) is 7.61. The van der Waals surface area contributed by atoms with E-state index in [2.05, 4.69) is 30.9 Å². The molecular formula is C13H12N8O. The number of hydrogen-bond donors (Lipinski definition) is 3. The van der Waals surface area contributed by atoms with Gasteiger partial charge in [0.05, 0.1) is 24.0 Å². The van der Waals surface area contributed by atoms with E-state index in [4.69, 9.17) is 10.4 Å². The van der Waals surface area contributed by atoms with Crippen LogP contribution >= 0.6 is 0 Å². The Morgan fingerprint density at radius 1 is 1.50 bits per heavy atom. The molecule has 1 aromatic carbocycles. The smallest absolute Gasteiger partial charge is 0.216 e. The first kappa shape index (κ1) is 13.7. The van der Waals surface area contributed by atoms with Crippen LogP contribution in [0.25, 0.3) is 16.6 Å². The predicted octanol–water partition coefficient (Wildman–Crippen LogP) is 0.518. The van der Waals surface area contributed by atoms with Crippen LogP contribution in [0, 0.1) is 11.3 Å². The summed E-state index contributed by atoms with van der Waals surface area (Å²) in [5, 5.41) is 34.3. The van der Waals surface area contributed by atoms with Crippen molar-refractivity contribution in [1.82, 2.24) is 30.2 Å². The first-order chi connectivity index (χ1) is 10.8. The van der Waals surface area contributed by atoms with E-state index >= 15 is 0 Å². The van der Waals surface area contributed by atoms with Gasteiger partial charge in [-0.15, -0.1) is 10.2 Å². The summed E-state index contributed by atoms with van der Waals surface area (Å²) in [6.07, 6.45) is 3.19. The third-order valence-corrected chi connectivity index (χ3v) is 3.05. The molecule has 0 aliphatic carbocycles. The van der Waals surface area contributed by atoms with Gasteiger partial charge >= 0.3 is 0 Å². The maximum atomic E-state index is 9.09. The van der Waals surface area contributed by atoms with Gasteiger partial charge in [0, 0.05) is 18.4 Å². The molecule has 0 aliphatic heterocycles. The Hall–Kier alpha value is -3.25. The van der Waals surface area contributed by atoms with E-state index < -0.39 is 0 Å². The quantitative estimate of drug-likeness (QED) is 0.585. The lowest BCUT2D eigenvalue weighted by atomic mass is 10.2. The minimum Gasteiger partial charge on any atom is -0.395 e. The predicted molar refractivity (Wildman–Crippen MR) is 78.2 cm³/mol. The van der Waals surface area contributed by atoms with Crippen LogP contribution in [0.1, 0.15) is 5.82 Å². The molecule has 9 nitrogen and oxygen atoms in total. The standard InChI is InChI=1S/C13H12N8O/c14-6-9(13-17-19-20-18-13)7-15-10-1-2-12-11(5-10)16-8-21(12)3-4-22/h1-2,5,7-8,15,22H,3-4H2,(H,17,18,19,20). The zero-order valence-electron chi connectivity index (χ0n) is 11.4. The Kier molecular flexibility index (Phi) is 3.76. The van der Waals surface area contributed by atoms with Crippen LogP contribution < -0.4 is 5.32 Å². The molecule has 22 heavy (non-hydrogen) atoms. The maximum Gasteiger partial charge on any atom is 0.216 e. The molecular weight excluding hydrogens is 284 g/mol. The number of rotatable bonds is 5. The van der Waals surface area contributed by atoms with Crippen LogP contribution in [-0.2, 0) is 6.54 Å². The van der Waals surface area contributed by atoms with Crippen molar-refractivity contribution in [3.8, 4) is 6.07 Å². The number of H-pyrrole nitrogens is 1. The van der Waals surface area contributed by atoms with Gasteiger partial charge in [0.1, 0.15) is 11.6 Å². The van der Waals surface area contributed by atoms with Gasteiger partial charge in [0.15, 0.2) is 0 Å². The number of aliphatic hydroxyl groups excluding tert-OH is 1. The number of aliphatic hydroxyl groups is 1. The van der Waals surface area contributed by atoms with Crippen molar-refractivity contribution >= 4 is 22.3 Å². The number of aromatic amines is 1. The summed E-state index contributed by atoms with van der Waals surface area (Å²) in [4.78, 5) is 4.28. The third kappa shape index (κ3) is 2.63. The number of nitriles is 1. The summed E-state index contributed by atoms with van der Waals surface area (Å²) in [7, 11) is 0. The van der Waals surface area contributed by atoms with Gasteiger partial charge in [0.25, 0.3) is 0 Å². The molecule has 0 amide bonds. The van der Waals surface area contributed by atoms with Crippen molar-refractivity contribution in [2.24, 2.45) is 0 Å². The number of hydrogen-bond acceptors (Lipinski definition) is 7. The van der Waals surface area contributed by atoms with Crippen molar-refractivity contribution in [1.29, 1.82) is 5.26 Å². The van der Waals surface area contributed by atoms with Crippen LogP contribution in [-0.4, -0.2) is 41.9 Å². The zero-order chi connectivity index (χ0) is 15.4. The lowest BCUT2D eigenvalue weighted by molar-refractivity contribution is 0.278. The lowest BCUT2D eigenvalue weighted by Crippen LogP contribution is -1.99. The molecule has 0 saturated heterocycles. The molecule has 3 rings (SSSR count). The number of benzene rings is 1. The highest BCUT2D eigenvalue weighted by atomic mass is 16.3. The molecule has 0 aliphatic rings. The highest BCUT2D eigenvalue weighted by Gasteiger charge is 2.06. The number of anilines is 1. The van der Waals surface area contributed by atoms with Gasteiger partial charge in [0.2, 0.25) is 5.82 Å². The van der Waals surface area contributed by atoms with Crippen LogP contribution in [0.4, 0.5) is 5.69 Å². The number of imidazole rings is 1. The maximum absolute atomic E-state index is 9.09. The fraction of sp³-hybridized carbons (Fsp3) is 0.154. The second kappa shape index (κ2) is 6.02. The van der Waals surface area contributed by atoms with E-state index in [-0.39, 0.29) is 18.0 Å². The molecule has 0 spiro atoms. The van der Waals surface area contributed by atoms with Crippen molar-refractivity contribution in [2.45, 2.75) is 6.54 Å². The highest BCUT2D eigenvalue weighted by molar-refractivity contribution is 5.81. The SMILES string of the molecule is N#CC(=CNc1ccc2c(c1)ncn2CCO)c1nn[nH]n1. The zero-order valence-corrected chi connectivity index (χ0v) is 11.4. The van der Waals surface area contributed by atoms with E-state index in [0.717, 1.165) is 16.7 Å². The summed E-state index contributed by atoms with van der Waals surface area (Å²) < 4.78 is 1.87. The minimum absolute atomic E-state index is 0.0599. The number of aromatic nitrogens is 6. The fourth-order valence-electron chi connectivity index (χ4n) is 2.02. The Labute approximate surface area is 124 Å². The molecule has 3 aromatic rings. The summed E-state index contributed by atoms with van der Waals surface area (Å²) in [5.74, 6) is 0.225. The molecule has 2 heterocycles. The summed E-state index contributed by atoms with van der Waals surface area (Å²) in [5.41, 5.74) is 2.77. The second-order valence-corrected chi connectivity index (χ2v) is 4.41. The van der Waals surface area contributed by atoms with E-state index in [1.165, 1.54) is 6.20 Å². The molecule has 0 unspecified atom stereocenters. The van der Waals surface area contributed by atoms with E-state index in [9.17, 15) is 0 Å². The van der Waals surface area contributed by atoms with Crippen LogP contribution in [0.15, 0.2) is 30.7 Å². The molecule has 2 aromatic heterocycles. The van der Waals surface area contributed by atoms with Gasteiger partial charge in [-0.1, -0.05) is 0 Å². The normalized spacial score (nSPS) is 11.5. The van der Waals surface area contributed by atoms with Gasteiger partial charge in [-0.2, -0.15) is 10.5 Å². The van der Waals surface area contributed by atoms with E-state index in [0.29, 0.717) is 6.54 Å². The Bertz CT molecular complexity index is 843. The lowest BCUT2D eigenvalue weighted by Gasteiger charge is -2.03. The Morgan fingerprint density at radius 3 is 3.14 bits per heavy atom. The Morgan fingerprint density at radius 2 is 2.41 bits per heavy atom. The molecule has 0 atom stereocenters. The average Bonchev–Trinajstić information content (AvgIpc) is 3.19. The van der Waals surface area contributed by atoms with Gasteiger partial charge in [-0.3, -0.25) is 0 Å². The molecule has 9 heteroatoms. The highest BCUT2D eigenvalue weighted by Crippen LogP contribution is 2.19. The fourth-order valence-corrected chi connectivity index (χ4v) is 2.02. The summed E-state index contributed by atoms with van der Waals surface area (Å²) in [6.45, 7) is 0.560. The first-order valence-electron chi connectivity index (χ1n) is 6.48. The van der Waals surface area contributed by atoms with Crippen LogP contribution in [0.2, 0.25) is 0 Å². The van der Waals surface area contributed by atoms with Crippen molar-refractivity contribution in [3.63, 3.8) is 0 Å². The van der Waals surface area contributed by atoms with Crippen molar-refractivity contribution < 1.29 is 5.11 Å². The first-order valence-corrected chi connectivity index (χ1v) is 6.48. The molecule has 0 bridgehead atoms. The largest absolute Gasteiger partial charge is 0.395 e.